The first-order chi connectivity index (χ1) is 8.24. The van der Waals surface area contributed by atoms with Gasteiger partial charge in [0.05, 0.1) is 0 Å². The molecule has 0 bridgehead atoms. The van der Waals surface area contributed by atoms with Crippen LogP contribution in [0.4, 0.5) is 0 Å². The molecule has 0 fully saturated rings. The monoisotopic (exact) mass is 231 g/mol. The van der Waals surface area contributed by atoms with E-state index in [1.165, 1.54) is 11.1 Å². The SMILES string of the molecule is Cc1cccc(CNCCc2nc(C)no2)c1. The topological polar surface area (TPSA) is 51.0 Å². The van der Waals surface area contributed by atoms with Crippen molar-refractivity contribution in [2.75, 3.05) is 6.54 Å². The molecule has 17 heavy (non-hydrogen) atoms. The standard InChI is InChI=1S/C13H17N3O/c1-10-4-3-5-12(8-10)9-14-7-6-13-15-11(2)16-17-13/h3-5,8,14H,6-7,9H2,1-2H3. The number of rotatable bonds is 5. The number of hydrogen-bond donors (Lipinski definition) is 1. The number of nitrogens with zero attached hydrogens (tertiary/aromatic N) is 2. The van der Waals surface area contributed by atoms with E-state index in [1.807, 2.05) is 6.92 Å². The molecule has 1 N–H and O–H groups in total. The minimum Gasteiger partial charge on any atom is -0.339 e. The predicted molar refractivity (Wildman–Crippen MR) is 65.6 cm³/mol. The van der Waals surface area contributed by atoms with Crippen LogP contribution < -0.4 is 5.32 Å². The maximum Gasteiger partial charge on any atom is 0.227 e. The first-order valence-electron chi connectivity index (χ1n) is 5.79. The number of aromatic nitrogens is 2. The molecule has 1 heterocycles. The van der Waals surface area contributed by atoms with Gasteiger partial charge in [-0.2, -0.15) is 4.98 Å². The van der Waals surface area contributed by atoms with Gasteiger partial charge in [0, 0.05) is 19.5 Å². The first-order valence-corrected chi connectivity index (χ1v) is 5.79. The Bertz CT molecular complexity index is 479. The third-order valence-electron chi connectivity index (χ3n) is 2.50. The summed E-state index contributed by atoms with van der Waals surface area (Å²) in [5, 5.41) is 7.11. The van der Waals surface area contributed by atoms with Crippen molar-refractivity contribution in [3.05, 3.63) is 47.1 Å². The van der Waals surface area contributed by atoms with Crippen molar-refractivity contribution < 1.29 is 4.52 Å². The van der Waals surface area contributed by atoms with E-state index in [4.69, 9.17) is 4.52 Å². The summed E-state index contributed by atoms with van der Waals surface area (Å²) in [4.78, 5) is 4.15. The molecule has 0 aliphatic rings. The molecule has 0 aliphatic heterocycles. The lowest BCUT2D eigenvalue weighted by molar-refractivity contribution is 0.372. The number of hydrogen-bond acceptors (Lipinski definition) is 4. The van der Waals surface area contributed by atoms with E-state index in [2.05, 4.69) is 46.6 Å². The zero-order valence-corrected chi connectivity index (χ0v) is 10.2. The normalized spacial score (nSPS) is 10.7. The highest BCUT2D eigenvalue weighted by molar-refractivity contribution is 5.21. The smallest absolute Gasteiger partial charge is 0.227 e. The molecule has 0 unspecified atom stereocenters. The summed E-state index contributed by atoms with van der Waals surface area (Å²) in [6, 6.07) is 8.49. The van der Waals surface area contributed by atoms with Gasteiger partial charge in [-0.15, -0.1) is 0 Å². The molecule has 0 aliphatic carbocycles. The lowest BCUT2D eigenvalue weighted by atomic mass is 10.1. The minimum absolute atomic E-state index is 0.693. The van der Waals surface area contributed by atoms with E-state index in [9.17, 15) is 0 Å². The summed E-state index contributed by atoms with van der Waals surface area (Å²) in [5.74, 6) is 1.39. The molecular formula is C13H17N3O. The molecule has 1 aromatic carbocycles. The van der Waals surface area contributed by atoms with Crippen molar-refractivity contribution in [2.24, 2.45) is 0 Å². The van der Waals surface area contributed by atoms with Crippen molar-refractivity contribution in [1.82, 2.24) is 15.5 Å². The van der Waals surface area contributed by atoms with Crippen molar-refractivity contribution in [3.8, 4) is 0 Å². The fraction of sp³-hybridized carbons (Fsp3) is 0.385. The van der Waals surface area contributed by atoms with Crippen LogP contribution >= 0.6 is 0 Å². The van der Waals surface area contributed by atoms with Crippen LogP contribution in [0.1, 0.15) is 22.8 Å². The summed E-state index contributed by atoms with van der Waals surface area (Å²) in [7, 11) is 0. The Morgan fingerprint density at radius 2 is 2.18 bits per heavy atom. The number of benzene rings is 1. The quantitative estimate of drug-likeness (QED) is 0.800. The Balaban J connectivity index is 1.73. The summed E-state index contributed by atoms with van der Waals surface area (Å²) in [6.07, 6.45) is 0.770. The lowest BCUT2D eigenvalue weighted by Gasteiger charge is -2.03. The van der Waals surface area contributed by atoms with Crippen LogP contribution in [-0.2, 0) is 13.0 Å². The van der Waals surface area contributed by atoms with E-state index < -0.39 is 0 Å². The summed E-state index contributed by atoms with van der Waals surface area (Å²) >= 11 is 0. The molecule has 0 radical (unpaired) electrons. The zero-order chi connectivity index (χ0) is 12.1. The van der Waals surface area contributed by atoms with Crippen molar-refractivity contribution in [3.63, 3.8) is 0 Å². The molecule has 0 atom stereocenters. The van der Waals surface area contributed by atoms with Crippen LogP contribution in [0.25, 0.3) is 0 Å². The van der Waals surface area contributed by atoms with Gasteiger partial charge in [0.15, 0.2) is 5.82 Å². The van der Waals surface area contributed by atoms with Crippen LogP contribution in [0.15, 0.2) is 28.8 Å². The van der Waals surface area contributed by atoms with E-state index in [0.29, 0.717) is 11.7 Å². The van der Waals surface area contributed by atoms with Gasteiger partial charge in [-0.25, -0.2) is 0 Å². The number of nitrogens with one attached hydrogen (secondary N) is 1. The Morgan fingerprint density at radius 3 is 2.88 bits per heavy atom. The molecule has 2 rings (SSSR count). The summed E-state index contributed by atoms with van der Waals surface area (Å²) < 4.78 is 5.03. The van der Waals surface area contributed by atoms with Gasteiger partial charge in [0.25, 0.3) is 0 Å². The molecule has 2 aromatic rings. The highest BCUT2D eigenvalue weighted by atomic mass is 16.5. The molecule has 0 saturated heterocycles. The Hall–Kier alpha value is -1.68. The fourth-order valence-corrected chi connectivity index (χ4v) is 1.69. The molecule has 1 aromatic heterocycles. The maximum atomic E-state index is 5.03. The van der Waals surface area contributed by atoms with Gasteiger partial charge in [-0.05, 0) is 19.4 Å². The number of aryl methyl sites for hydroxylation is 2. The third kappa shape index (κ3) is 3.67. The van der Waals surface area contributed by atoms with Gasteiger partial charge in [0.2, 0.25) is 5.89 Å². The molecule has 4 heteroatoms. The molecular weight excluding hydrogens is 214 g/mol. The summed E-state index contributed by atoms with van der Waals surface area (Å²) in [6.45, 7) is 5.64. The Labute approximate surface area is 101 Å². The van der Waals surface area contributed by atoms with Gasteiger partial charge >= 0.3 is 0 Å². The van der Waals surface area contributed by atoms with Crippen molar-refractivity contribution in [1.29, 1.82) is 0 Å². The highest BCUT2D eigenvalue weighted by Gasteiger charge is 2.01. The van der Waals surface area contributed by atoms with Crippen LogP contribution in [0.2, 0.25) is 0 Å². The minimum atomic E-state index is 0.693. The molecule has 0 amide bonds. The Morgan fingerprint density at radius 1 is 1.29 bits per heavy atom. The lowest BCUT2D eigenvalue weighted by Crippen LogP contribution is -2.16. The van der Waals surface area contributed by atoms with E-state index in [1.54, 1.807) is 0 Å². The van der Waals surface area contributed by atoms with Crippen LogP contribution in [-0.4, -0.2) is 16.7 Å². The van der Waals surface area contributed by atoms with Gasteiger partial charge < -0.3 is 9.84 Å². The maximum absolute atomic E-state index is 5.03. The van der Waals surface area contributed by atoms with E-state index in [-0.39, 0.29) is 0 Å². The summed E-state index contributed by atoms with van der Waals surface area (Å²) in [5.41, 5.74) is 2.59. The second kappa shape index (κ2) is 5.59. The van der Waals surface area contributed by atoms with Crippen molar-refractivity contribution in [2.45, 2.75) is 26.8 Å². The van der Waals surface area contributed by atoms with Crippen molar-refractivity contribution >= 4 is 0 Å². The molecule has 4 nitrogen and oxygen atoms in total. The van der Waals surface area contributed by atoms with Crippen LogP contribution in [0, 0.1) is 13.8 Å². The average molecular weight is 231 g/mol. The molecule has 0 spiro atoms. The van der Waals surface area contributed by atoms with Gasteiger partial charge in [-0.1, -0.05) is 35.0 Å². The van der Waals surface area contributed by atoms with Crippen LogP contribution in [0.5, 0.6) is 0 Å². The van der Waals surface area contributed by atoms with E-state index in [0.717, 1.165) is 19.5 Å². The van der Waals surface area contributed by atoms with Gasteiger partial charge in [0.1, 0.15) is 0 Å². The average Bonchev–Trinajstić information content (AvgIpc) is 2.71. The molecule has 90 valence electrons. The largest absolute Gasteiger partial charge is 0.339 e. The van der Waals surface area contributed by atoms with E-state index >= 15 is 0 Å². The Kier molecular flexibility index (Phi) is 3.88. The first kappa shape index (κ1) is 11.8. The van der Waals surface area contributed by atoms with Crippen LogP contribution in [0.3, 0.4) is 0 Å². The third-order valence-corrected chi connectivity index (χ3v) is 2.50. The second-order valence-electron chi connectivity index (χ2n) is 4.15. The second-order valence-corrected chi connectivity index (χ2v) is 4.15. The van der Waals surface area contributed by atoms with Gasteiger partial charge in [-0.3, -0.25) is 0 Å². The molecule has 0 saturated carbocycles. The highest BCUT2D eigenvalue weighted by Crippen LogP contribution is 2.03. The fourth-order valence-electron chi connectivity index (χ4n) is 1.69. The zero-order valence-electron chi connectivity index (χ0n) is 10.2. The predicted octanol–water partition coefficient (Wildman–Crippen LogP) is 2.02.